The molecule has 1 saturated heterocycles. The Morgan fingerprint density at radius 3 is 2.26 bits per heavy atom. The van der Waals surface area contributed by atoms with Gasteiger partial charge in [-0.1, -0.05) is 18.2 Å². The molecule has 1 N–H and O–H groups in total. The highest BCUT2D eigenvalue weighted by Crippen LogP contribution is 2.30. The number of nitrogens with zero attached hydrogens (tertiary/aromatic N) is 3. The second kappa shape index (κ2) is 9.47. The number of aromatic nitrogens is 2. The summed E-state index contributed by atoms with van der Waals surface area (Å²) in [5, 5.41) is 11.8. The molecule has 1 amide bonds. The number of nitrogens with one attached hydrogen (secondary N) is 1. The molecule has 0 saturated carbocycles. The summed E-state index contributed by atoms with van der Waals surface area (Å²) in [7, 11) is 3.05. The second-order valence-electron chi connectivity index (χ2n) is 7.40. The summed E-state index contributed by atoms with van der Waals surface area (Å²) in [5.74, 6) is 1.51. The molecule has 160 valence electrons. The molecule has 1 aliphatic rings. The number of piperidine rings is 1. The van der Waals surface area contributed by atoms with Crippen molar-refractivity contribution in [1.82, 2.24) is 10.2 Å². The van der Waals surface area contributed by atoms with Gasteiger partial charge in [-0.15, -0.1) is 10.2 Å². The van der Waals surface area contributed by atoms with Gasteiger partial charge in [-0.05, 0) is 55.7 Å². The zero-order chi connectivity index (χ0) is 21.6. The number of carbonyl (C=O) groups excluding carboxylic acids is 1. The summed E-state index contributed by atoms with van der Waals surface area (Å²) in [6.07, 6.45) is 3.67. The lowest BCUT2D eigenvalue weighted by Gasteiger charge is -2.27. The highest BCUT2D eigenvalue weighted by molar-refractivity contribution is 6.08. The molecule has 1 fully saturated rings. The van der Waals surface area contributed by atoms with Crippen LogP contribution in [0.3, 0.4) is 0 Å². The highest BCUT2D eigenvalue weighted by atomic mass is 16.5. The van der Waals surface area contributed by atoms with E-state index in [1.807, 2.05) is 36.4 Å². The van der Waals surface area contributed by atoms with Gasteiger partial charge in [0.1, 0.15) is 17.1 Å². The largest absolute Gasteiger partial charge is 0.496 e. The number of benzene rings is 2. The number of amides is 1. The molecule has 1 aromatic heterocycles. The van der Waals surface area contributed by atoms with E-state index >= 15 is 0 Å². The van der Waals surface area contributed by atoms with Gasteiger partial charge in [0.05, 0.1) is 19.9 Å². The van der Waals surface area contributed by atoms with E-state index in [1.54, 1.807) is 18.2 Å². The van der Waals surface area contributed by atoms with E-state index in [0.29, 0.717) is 22.7 Å². The minimum absolute atomic E-state index is 0.307. The molecule has 2 heterocycles. The van der Waals surface area contributed by atoms with Crippen LogP contribution in [0.4, 0.5) is 11.5 Å². The molecule has 7 nitrogen and oxygen atoms in total. The van der Waals surface area contributed by atoms with E-state index in [4.69, 9.17) is 9.47 Å². The topological polar surface area (TPSA) is 76.6 Å². The quantitative estimate of drug-likeness (QED) is 0.639. The summed E-state index contributed by atoms with van der Waals surface area (Å²) in [6, 6.07) is 16.8. The van der Waals surface area contributed by atoms with Gasteiger partial charge in [-0.25, -0.2) is 0 Å². The molecule has 0 atom stereocenters. The van der Waals surface area contributed by atoms with Crippen LogP contribution >= 0.6 is 0 Å². The Hall–Kier alpha value is -3.61. The lowest BCUT2D eigenvalue weighted by Crippen LogP contribution is -2.30. The molecule has 4 rings (SSSR count). The van der Waals surface area contributed by atoms with Gasteiger partial charge in [-0.3, -0.25) is 4.79 Å². The number of carbonyl (C=O) groups is 1. The third-order valence-corrected chi connectivity index (χ3v) is 5.40. The van der Waals surface area contributed by atoms with Crippen molar-refractivity contribution in [2.75, 3.05) is 37.5 Å². The SMILES string of the molecule is COc1cccc(OC)c1C(=O)Nc1cccc(-c2ccc(N3CCCCC3)nn2)c1. The van der Waals surface area contributed by atoms with Crippen LogP contribution in [0.25, 0.3) is 11.3 Å². The molecule has 2 aromatic carbocycles. The average molecular weight is 418 g/mol. The van der Waals surface area contributed by atoms with Gasteiger partial charge in [0, 0.05) is 24.3 Å². The molecular formula is C24H26N4O3. The van der Waals surface area contributed by atoms with Gasteiger partial charge in [-0.2, -0.15) is 0 Å². The number of hydrogen-bond acceptors (Lipinski definition) is 6. The molecular weight excluding hydrogens is 392 g/mol. The first-order chi connectivity index (χ1) is 15.2. The Kier molecular flexibility index (Phi) is 6.31. The predicted molar refractivity (Wildman–Crippen MR) is 121 cm³/mol. The zero-order valence-electron chi connectivity index (χ0n) is 17.8. The average Bonchev–Trinajstić information content (AvgIpc) is 2.84. The van der Waals surface area contributed by atoms with Gasteiger partial charge >= 0.3 is 0 Å². The number of hydrogen-bond donors (Lipinski definition) is 1. The molecule has 0 radical (unpaired) electrons. The van der Waals surface area contributed by atoms with Crippen molar-refractivity contribution in [2.24, 2.45) is 0 Å². The standard InChI is InChI=1S/C24H26N4O3/c1-30-20-10-7-11-21(31-2)23(20)24(29)25-18-9-6-8-17(16-18)19-12-13-22(27-26-19)28-14-4-3-5-15-28/h6-13,16H,3-5,14-15H2,1-2H3,(H,25,29). The Morgan fingerprint density at radius 1 is 0.903 bits per heavy atom. The van der Waals surface area contributed by atoms with E-state index in [-0.39, 0.29) is 5.91 Å². The van der Waals surface area contributed by atoms with E-state index < -0.39 is 0 Å². The van der Waals surface area contributed by atoms with E-state index in [0.717, 1.165) is 30.2 Å². The first kappa shape index (κ1) is 20.7. The fraction of sp³-hybridized carbons (Fsp3) is 0.292. The van der Waals surface area contributed by atoms with Crippen LogP contribution in [0.1, 0.15) is 29.6 Å². The van der Waals surface area contributed by atoms with Crippen LogP contribution in [-0.4, -0.2) is 43.4 Å². The van der Waals surface area contributed by atoms with Gasteiger partial charge < -0.3 is 19.7 Å². The summed E-state index contributed by atoms with van der Waals surface area (Å²) >= 11 is 0. The fourth-order valence-corrected chi connectivity index (χ4v) is 3.80. The second-order valence-corrected chi connectivity index (χ2v) is 7.40. The molecule has 0 bridgehead atoms. The van der Waals surface area contributed by atoms with Crippen LogP contribution < -0.4 is 19.7 Å². The van der Waals surface area contributed by atoms with Gasteiger partial charge in [0.15, 0.2) is 5.82 Å². The molecule has 3 aromatic rings. The molecule has 0 unspecified atom stereocenters. The number of rotatable bonds is 6. The first-order valence-corrected chi connectivity index (χ1v) is 10.4. The minimum atomic E-state index is -0.307. The molecule has 1 aliphatic heterocycles. The number of ether oxygens (including phenoxy) is 2. The first-order valence-electron chi connectivity index (χ1n) is 10.4. The molecule has 31 heavy (non-hydrogen) atoms. The van der Waals surface area contributed by atoms with Gasteiger partial charge in [0.2, 0.25) is 0 Å². The molecule has 7 heteroatoms. The Bertz CT molecular complexity index is 1020. The third kappa shape index (κ3) is 4.60. The van der Waals surface area contributed by atoms with Crippen LogP contribution in [0.5, 0.6) is 11.5 Å². The van der Waals surface area contributed by atoms with Crippen molar-refractivity contribution in [3.05, 3.63) is 60.2 Å². The maximum Gasteiger partial charge on any atom is 0.263 e. The van der Waals surface area contributed by atoms with E-state index in [9.17, 15) is 4.79 Å². The van der Waals surface area contributed by atoms with E-state index in [2.05, 4.69) is 20.4 Å². The monoisotopic (exact) mass is 418 g/mol. The van der Waals surface area contributed by atoms with Gasteiger partial charge in [0.25, 0.3) is 5.91 Å². The van der Waals surface area contributed by atoms with Crippen LogP contribution in [0, 0.1) is 0 Å². The highest BCUT2D eigenvalue weighted by Gasteiger charge is 2.18. The molecule has 0 aliphatic carbocycles. The summed E-state index contributed by atoms with van der Waals surface area (Å²) in [6.45, 7) is 2.06. The molecule has 0 spiro atoms. The Morgan fingerprint density at radius 2 is 1.61 bits per heavy atom. The maximum absolute atomic E-state index is 12.9. The van der Waals surface area contributed by atoms with Crippen molar-refractivity contribution in [3.63, 3.8) is 0 Å². The normalized spacial score (nSPS) is 13.5. The number of anilines is 2. The van der Waals surface area contributed by atoms with Crippen LogP contribution in [-0.2, 0) is 0 Å². The van der Waals surface area contributed by atoms with Crippen molar-refractivity contribution >= 4 is 17.4 Å². The van der Waals surface area contributed by atoms with Crippen molar-refractivity contribution < 1.29 is 14.3 Å². The van der Waals surface area contributed by atoms with Crippen LogP contribution in [0.15, 0.2) is 54.6 Å². The lowest BCUT2D eigenvalue weighted by molar-refractivity contribution is 0.102. The van der Waals surface area contributed by atoms with Crippen molar-refractivity contribution in [2.45, 2.75) is 19.3 Å². The van der Waals surface area contributed by atoms with Crippen molar-refractivity contribution in [1.29, 1.82) is 0 Å². The van der Waals surface area contributed by atoms with E-state index in [1.165, 1.54) is 33.5 Å². The van der Waals surface area contributed by atoms with Crippen molar-refractivity contribution in [3.8, 4) is 22.8 Å². The Balaban J connectivity index is 1.53. The Labute approximate surface area is 182 Å². The summed E-state index contributed by atoms with van der Waals surface area (Å²) in [4.78, 5) is 15.2. The summed E-state index contributed by atoms with van der Waals surface area (Å²) in [5.41, 5.74) is 2.63. The minimum Gasteiger partial charge on any atom is -0.496 e. The third-order valence-electron chi connectivity index (χ3n) is 5.40. The zero-order valence-corrected chi connectivity index (χ0v) is 17.8. The lowest BCUT2D eigenvalue weighted by atomic mass is 10.1. The predicted octanol–water partition coefficient (Wildman–Crippen LogP) is 4.40. The maximum atomic E-state index is 12.9. The number of methoxy groups -OCH3 is 2. The van der Waals surface area contributed by atoms with Crippen LogP contribution in [0.2, 0.25) is 0 Å². The fourth-order valence-electron chi connectivity index (χ4n) is 3.80. The summed E-state index contributed by atoms with van der Waals surface area (Å²) < 4.78 is 10.7. The smallest absolute Gasteiger partial charge is 0.263 e.